The van der Waals surface area contributed by atoms with Crippen LogP contribution in [0.3, 0.4) is 0 Å². The second-order valence-electron chi connectivity index (χ2n) is 11.4. The Labute approximate surface area is 243 Å². The molecule has 1 aliphatic carbocycles. The number of hydrogen-bond acceptors (Lipinski definition) is 3. The van der Waals surface area contributed by atoms with Gasteiger partial charge in [-0.1, -0.05) is 124 Å². The Hall–Kier alpha value is -2.50. The summed E-state index contributed by atoms with van der Waals surface area (Å²) in [7, 11) is -1.86. The molecule has 1 aliphatic rings. The Morgan fingerprint density at radius 1 is 0.725 bits per heavy atom. The molecule has 4 heteroatoms. The molecule has 2 atom stereocenters. The van der Waals surface area contributed by atoms with Crippen molar-refractivity contribution in [3.8, 4) is 0 Å². The minimum Gasteiger partial charge on any atom is -0.413 e. The van der Waals surface area contributed by atoms with Gasteiger partial charge in [0, 0.05) is 5.41 Å². The quantitative estimate of drug-likeness (QED) is 0.165. The Kier molecular flexibility index (Phi) is 11.8. The summed E-state index contributed by atoms with van der Waals surface area (Å²) in [6.45, 7) is 9.53. The summed E-state index contributed by atoms with van der Waals surface area (Å²) in [4.78, 5) is 0. The molecule has 0 saturated heterocycles. The van der Waals surface area contributed by atoms with E-state index in [0.717, 1.165) is 37.4 Å². The van der Waals surface area contributed by atoms with E-state index in [1.165, 1.54) is 16.7 Å². The fraction of sp³-hybridized carbons (Fsp3) is 0.444. The molecule has 40 heavy (non-hydrogen) atoms. The normalized spacial score (nSPS) is 18.9. The minimum absolute atomic E-state index is 0.131. The average molecular weight is 557 g/mol. The third-order valence-electron chi connectivity index (χ3n) is 8.91. The van der Waals surface area contributed by atoms with Crippen molar-refractivity contribution in [2.75, 3.05) is 13.2 Å². The molecule has 0 radical (unpaired) electrons. The van der Waals surface area contributed by atoms with Crippen molar-refractivity contribution < 1.29 is 13.9 Å². The highest BCUT2D eigenvalue weighted by atomic mass is 28.4. The molecule has 0 unspecified atom stereocenters. The topological polar surface area (TPSA) is 27.7 Å². The summed E-state index contributed by atoms with van der Waals surface area (Å²) >= 11 is 0. The first-order chi connectivity index (χ1) is 19.6. The first kappa shape index (κ1) is 30.5. The van der Waals surface area contributed by atoms with Crippen LogP contribution in [-0.4, -0.2) is 27.6 Å². The highest BCUT2D eigenvalue weighted by Gasteiger charge is 2.52. The fourth-order valence-corrected chi connectivity index (χ4v) is 9.17. The highest BCUT2D eigenvalue weighted by molar-refractivity contribution is 6.73. The molecule has 0 spiro atoms. The molecule has 0 aromatic heterocycles. The molecule has 4 rings (SSSR count). The second-order valence-corrected chi connectivity index (χ2v) is 16.2. The molecule has 0 amide bonds. The average Bonchev–Trinajstić information content (AvgIpc) is 3.33. The van der Waals surface area contributed by atoms with Crippen LogP contribution in [0, 0.1) is 11.3 Å². The van der Waals surface area contributed by atoms with Gasteiger partial charge >= 0.3 is 0 Å². The number of rotatable bonds is 16. The standard InChI is InChI=1S/C36H48O3Si/c1-4-40(5-2,6-3)39-35-34(24-16-23-31-17-10-7-11-18-31)25-26-36(35,29-37-27-32-19-12-8-13-20-32)30-38-28-33-21-14-9-15-22-33/h7-23,34-35H,4-6,24-30H2,1-3H3/b23-16+/t34-,35-/m1/s1. The molecular weight excluding hydrogens is 508 g/mol. The number of ether oxygens (including phenoxy) is 2. The predicted molar refractivity (Wildman–Crippen MR) is 170 cm³/mol. The zero-order valence-electron chi connectivity index (χ0n) is 24.8. The van der Waals surface area contributed by atoms with Gasteiger partial charge in [-0.3, -0.25) is 0 Å². The zero-order chi connectivity index (χ0) is 28.1. The number of allylic oxidation sites excluding steroid dienone is 1. The van der Waals surface area contributed by atoms with Crippen LogP contribution in [-0.2, 0) is 27.1 Å². The molecule has 0 N–H and O–H groups in total. The lowest BCUT2D eigenvalue weighted by atomic mass is 9.83. The van der Waals surface area contributed by atoms with Crippen molar-refractivity contribution in [2.24, 2.45) is 11.3 Å². The van der Waals surface area contributed by atoms with Crippen LogP contribution in [0.4, 0.5) is 0 Å². The van der Waals surface area contributed by atoms with E-state index in [4.69, 9.17) is 13.9 Å². The highest BCUT2D eigenvalue weighted by Crippen LogP contribution is 2.48. The molecule has 0 bridgehead atoms. The molecule has 0 aliphatic heterocycles. The van der Waals surface area contributed by atoms with Gasteiger partial charge in [0.1, 0.15) is 0 Å². The molecule has 3 aromatic rings. The maximum absolute atomic E-state index is 7.43. The third kappa shape index (κ3) is 8.26. The molecule has 3 aromatic carbocycles. The number of benzene rings is 3. The van der Waals surface area contributed by atoms with Gasteiger partial charge in [0.15, 0.2) is 8.32 Å². The molecular formula is C36H48O3Si. The predicted octanol–water partition coefficient (Wildman–Crippen LogP) is 9.31. The lowest BCUT2D eigenvalue weighted by Gasteiger charge is -2.43. The first-order valence-corrected chi connectivity index (χ1v) is 17.8. The maximum atomic E-state index is 7.43. The van der Waals surface area contributed by atoms with Crippen LogP contribution < -0.4 is 0 Å². The molecule has 214 valence electrons. The van der Waals surface area contributed by atoms with Crippen molar-refractivity contribution in [1.29, 1.82) is 0 Å². The van der Waals surface area contributed by atoms with Crippen molar-refractivity contribution in [1.82, 2.24) is 0 Å². The van der Waals surface area contributed by atoms with Crippen LogP contribution in [0.2, 0.25) is 18.1 Å². The van der Waals surface area contributed by atoms with E-state index < -0.39 is 8.32 Å². The minimum atomic E-state index is -1.86. The van der Waals surface area contributed by atoms with Gasteiger partial charge in [0.25, 0.3) is 0 Å². The van der Waals surface area contributed by atoms with Gasteiger partial charge in [0.2, 0.25) is 0 Å². The van der Waals surface area contributed by atoms with E-state index >= 15 is 0 Å². The second kappa shape index (κ2) is 15.5. The summed E-state index contributed by atoms with van der Waals surface area (Å²) in [5.41, 5.74) is 3.51. The van der Waals surface area contributed by atoms with E-state index in [0.29, 0.717) is 32.3 Å². The van der Waals surface area contributed by atoms with Crippen molar-refractivity contribution >= 4 is 14.4 Å². The Bertz CT molecular complexity index is 1070. The SMILES string of the molecule is CC[Si](CC)(CC)O[C@@H]1[C@H](C/C=C/c2ccccc2)CCC1(COCc1ccccc1)COCc1ccccc1. The third-order valence-corrected chi connectivity index (χ3v) is 13.5. The van der Waals surface area contributed by atoms with Crippen LogP contribution in [0.5, 0.6) is 0 Å². The molecule has 0 heterocycles. The van der Waals surface area contributed by atoms with Gasteiger partial charge in [-0.15, -0.1) is 0 Å². The van der Waals surface area contributed by atoms with Crippen LogP contribution >= 0.6 is 0 Å². The lowest BCUT2D eigenvalue weighted by Crippen LogP contribution is -2.50. The van der Waals surface area contributed by atoms with Crippen LogP contribution in [0.15, 0.2) is 97.1 Å². The van der Waals surface area contributed by atoms with Crippen LogP contribution in [0.1, 0.15) is 56.7 Å². The Morgan fingerprint density at radius 3 is 1.73 bits per heavy atom. The van der Waals surface area contributed by atoms with E-state index in [2.05, 4.69) is 124 Å². The van der Waals surface area contributed by atoms with E-state index in [-0.39, 0.29) is 11.5 Å². The summed E-state index contributed by atoms with van der Waals surface area (Å²) in [5.74, 6) is 0.456. The first-order valence-electron chi connectivity index (χ1n) is 15.2. The molecule has 1 saturated carbocycles. The van der Waals surface area contributed by atoms with E-state index in [1.807, 2.05) is 0 Å². The van der Waals surface area contributed by atoms with Gasteiger partial charge in [-0.05, 0) is 60.0 Å². The monoisotopic (exact) mass is 556 g/mol. The maximum Gasteiger partial charge on any atom is 0.192 e. The molecule has 3 nitrogen and oxygen atoms in total. The lowest BCUT2D eigenvalue weighted by molar-refractivity contribution is -0.0862. The zero-order valence-corrected chi connectivity index (χ0v) is 25.8. The molecule has 1 fully saturated rings. The Morgan fingerprint density at radius 2 is 1.23 bits per heavy atom. The summed E-state index contributed by atoms with van der Waals surface area (Å²) in [5, 5.41) is 0. The van der Waals surface area contributed by atoms with E-state index in [1.54, 1.807) is 0 Å². The van der Waals surface area contributed by atoms with E-state index in [9.17, 15) is 0 Å². The van der Waals surface area contributed by atoms with Crippen molar-refractivity contribution in [2.45, 2.75) is 77.5 Å². The largest absolute Gasteiger partial charge is 0.413 e. The van der Waals surface area contributed by atoms with Crippen LogP contribution in [0.25, 0.3) is 6.08 Å². The smallest absolute Gasteiger partial charge is 0.192 e. The summed E-state index contributed by atoms with van der Waals surface area (Å²) in [6, 6.07) is 35.1. The summed E-state index contributed by atoms with van der Waals surface area (Å²) in [6.07, 6.45) is 7.96. The summed E-state index contributed by atoms with van der Waals surface area (Å²) < 4.78 is 20.5. The van der Waals surface area contributed by atoms with Crippen molar-refractivity contribution in [3.05, 3.63) is 114 Å². The van der Waals surface area contributed by atoms with Gasteiger partial charge in [0.05, 0.1) is 32.5 Å². The fourth-order valence-electron chi connectivity index (χ4n) is 6.18. The van der Waals surface area contributed by atoms with Gasteiger partial charge < -0.3 is 13.9 Å². The van der Waals surface area contributed by atoms with Crippen molar-refractivity contribution in [3.63, 3.8) is 0 Å². The number of hydrogen-bond donors (Lipinski definition) is 0. The van der Waals surface area contributed by atoms with Gasteiger partial charge in [-0.25, -0.2) is 0 Å². The Balaban J connectivity index is 1.57. The van der Waals surface area contributed by atoms with Gasteiger partial charge in [-0.2, -0.15) is 0 Å².